The lowest BCUT2D eigenvalue weighted by Crippen LogP contribution is -2.31. The SMILES string of the molecule is CCc1ccc([C@H]2c3c(oc4cc(C)c(Cl)cc4c3=O)C(=O)N2CCCO)cc1. The molecule has 4 rings (SSSR count). The second-order valence-electron chi connectivity index (χ2n) is 7.34. The number of carbonyl (C=O) groups is 1. The van der Waals surface area contributed by atoms with Gasteiger partial charge in [0.2, 0.25) is 5.76 Å². The lowest BCUT2D eigenvalue weighted by molar-refractivity contribution is 0.0716. The van der Waals surface area contributed by atoms with Crippen LogP contribution in [0, 0.1) is 6.92 Å². The fraction of sp³-hybridized carbons (Fsp3) is 0.304. The summed E-state index contributed by atoms with van der Waals surface area (Å²) in [4.78, 5) is 28.2. The minimum absolute atomic E-state index is 0.0419. The van der Waals surface area contributed by atoms with Gasteiger partial charge in [0.25, 0.3) is 5.91 Å². The Balaban J connectivity index is 1.95. The number of benzene rings is 2. The number of rotatable bonds is 5. The molecule has 0 unspecified atom stereocenters. The van der Waals surface area contributed by atoms with Crippen LogP contribution in [-0.4, -0.2) is 29.1 Å². The molecule has 1 amide bonds. The molecule has 2 aromatic carbocycles. The molecule has 6 heteroatoms. The zero-order chi connectivity index (χ0) is 20.7. The highest BCUT2D eigenvalue weighted by atomic mass is 35.5. The highest BCUT2D eigenvalue weighted by Gasteiger charge is 2.42. The van der Waals surface area contributed by atoms with Gasteiger partial charge in [-0.15, -0.1) is 0 Å². The number of hydrogen-bond donors (Lipinski definition) is 1. The number of aryl methyl sites for hydroxylation is 2. The molecule has 1 N–H and O–H groups in total. The van der Waals surface area contributed by atoms with E-state index in [0.717, 1.165) is 17.5 Å². The molecule has 0 fully saturated rings. The van der Waals surface area contributed by atoms with Gasteiger partial charge in [0, 0.05) is 18.2 Å². The van der Waals surface area contributed by atoms with Crippen LogP contribution in [0.5, 0.6) is 0 Å². The number of fused-ring (bicyclic) bond motifs is 2. The molecule has 29 heavy (non-hydrogen) atoms. The van der Waals surface area contributed by atoms with Crippen molar-refractivity contribution in [3.8, 4) is 0 Å². The highest BCUT2D eigenvalue weighted by Crippen LogP contribution is 2.38. The van der Waals surface area contributed by atoms with Crippen LogP contribution in [0.3, 0.4) is 0 Å². The standard InChI is InChI=1S/C23H22ClNO4/c1-3-14-5-7-15(8-6-14)20-19-21(27)16-12-17(24)13(2)11-18(16)29-22(19)23(28)25(20)9-4-10-26/h5-8,11-12,20,26H,3-4,9-10H2,1-2H3/t20-/m0/s1. The van der Waals surface area contributed by atoms with E-state index in [1.165, 1.54) is 5.56 Å². The van der Waals surface area contributed by atoms with Crippen molar-refractivity contribution < 1.29 is 14.3 Å². The van der Waals surface area contributed by atoms with E-state index in [2.05, 4.69) is 6.92 Å². The van der Waals surface area contributed by atoms with E-state index < -0.39 is 6.04 Å². The zero-order valence-corrected chi connectivity index (χ0v) is 17.1. The van der Waals surface area contributed by atoms with Gasteiger partial charge in [-0.3, -0.25) is 9.59 Å². The quantitative estimate of drug-likeness (QED) is 0.681. The Hall–Kier alpha value is -2.63. The first kappa shape index (κ1) is 19.7. The maximum Gasteiger partial charge on any atom is 0.290 e. The molecule has 0 aliphatic carbocycles. The zero-order valence-electron chi connectivity index (χ0n) is 16.4. The summed E-state index contributed by atoms with van der Waals surface area (Å²) in [5, 5.41) is 10.1. The summed E-state index contributed by atoms with van der Waals surface area (Å²) in [6, 6.07) is 10.7. The summed E-state index contributed by atoms with van der Waals surface area (Å²) >= 11 is 6.24. The smallest absolute Gasteiger partial charge is 0.290 e. The van der Waals surface area contributed by atoms with Gasteiger partial charge in [-0.05, 0) is 48.6 Å². The molecule has 1 aliphatic rings. The Labute approximate surface area is 173 Å². The minimum Gasteiger partial charge on any atom is -0.450 e. The van der Waals surface area contributed by atoms with E-state index in [9.17, 15) is 14.7 Å². The molecule has 1 atom stereocenters. The average molecular weight is 412 g/mol. The van der Waals surface area contributed by atoms with E-state index in [1.807, 2.05) is 31.2 Å². The van der Waals surface area contributed by atoms with Crippen LogP contribution >= 0.6 is 11.6 Å². The third-order valence-electron chi connectivity index (χ3n) is 5.51. The second-order valence-corrected chi connectivity index (χ2v) is 7.75. The van der Waals surface area contributed by atoms with Crippen molar-refractivity contribution in [1.29, 1.82) is 0 Å². The van der Waals surface area contributed by atoms with Crippen LogP contribution in [0.1, 0.15) is 52.2 Å². The third-order valence-corrected chi connectivity index (χ3v) is 5.91. The maximum absolute atomic E-state index is 13.4. The first-order valence-electron chi connectivity index (χ1n) is 9.73. The van der Waals surface area contributed by atoms with Crippen LogP contribution in [0.4, 0.5) is 0 Å². The molecular formula is C23H22ClNO4. The lowest BCUT2D eigenvalue weighted by atomic mass is 9.97. The topological polar surface area (TPSA) is 70.8 Å². The Morgan fingerprint density at radius 2 is 1.90 bits per heavy atom. The molecule has 1 aromatic heterocycles. The van der Waals surface area contributed by atoms with Gasteiger partial charge in [0.1, 0.15) is 5.58 Å². The van der Waals surface area contributed by atoms with Gasteiger partial charge in [0.15, 0.2) is 5.43 Å². The molecule has 2 heterocycles. The minimum atomic E-state index is -0.546. The van der Waals surface area contributed by atoms with E-state index >= 15 is 0 Å². The summed E-state index contributed by atoms with van der Waals surface area (Å²) < 4.78 is 5.93. The first-order chi connectivity index (χ1) is 14.0. The van der Waals surface area contributed by atoms with Crippen LogP contribution in [-0.2, 0) is 6.42 Å². The van der Waals surface area contributed by atoms with E-state index in [-0.39, 0.29) is 23.7 Å². The molecule has 1 aliphatic heterocycles. The molecular weight excluding hydrogens is 390 g/mol. The number of halogens is 1. The Morgan fingerprint density at radius 3 is 2.55 bits per heavy atom. The van der Waals surface area contributed by atoms with Crippen LogP contribution in [0.25, 0.3) is 11.0 Å². The van der Waals surface area contributed by atoms with Crippen molar-refractivity contribution in [1.82, 2.24) is 4.90 Å². The molecule has 0 saturated heterocycles. The summed E-state index contributed by atoms with van der Waals surface area (Å²) in [6.07, 6.45) is 1.32. The second kappa shape index (κ2) is 7.65. The molecule has 0 bridgehead atoms. The van der Waals surface area contributed by atoms with Crippen molar-refractivity contribution in [2.75, 3.05) is 13.2 Å². The van der Waals surface area contributed by atoms with Crippen LogP contribution in [0.2, 0.25) is 5.02 Å². The van der Waals surface area contributed by atoms with Crippen molar-refractivity contribution in [3.63, 3.8) is 0 Å². The Kier molecular flexibility index (Phi) is 5.19. The number of aliphatic hydroxyl groups is 1. The molecule has 150 valence electrons. The molecule has 0 spiro atoms. The number of nitrogens with zero attached hydrogens (tertiary/aromatic N) is 1. The van der Waals surface area contributed by atoms with Crippen LogP contribution in [0.15, 0.2) is 45.6 Å². The monoisotopic (exact) mass is 411 g/mol. The van der Waals surface area contributed by atoms with E-state index in [0.29, 0.717) is 34.5 Å². The molecule has 0 radical (unpaired) electrons. The first-order valence-corrected chi connectivity index (χ1v) is 10.1. The average Bonchev–Trinajstić information content (AvgIpc) is 3.00. The fourth-order valence-corrected chi connectivity index (χ4v) is 4.06. The summed E-state index contributed by atoms with van der Waals surface area (Å²) in [5.74, 6) is -0.253. The predicted octanol–water partition coefficient (Wildman–Crippen LogP) is 4.24. The summed E-state index contributed by atoms with van der Waals surface area (Å²) in [7, 11) is 0. The Morgan fingerprint density at radius 1 is 1.17 bits per heavy atom. The van der Waals surface area contributed by atoms with Crippen molar-refractivity contribution >= 4 is 28.5 Å². The van der Waals surface area contributed by atoms with E-state index in [4.69, 9.17) is 16.0 Å². The largest absolute Gasteiger partial charge is 0.450 e. The Bertz CT molecular complexity index is 1150. The number of carbonyl (C=O) groups excluding carboxylic acids is 1. The van der Waals surface area contributed by atoms with Gasteiger partial charge in [0.05, 0.1) is 17.0 Å². The van der Waals surface area contributed by atoms with Gasteiger partial charge in [-0.25, -0.2) is 0 Å². The number of aliphatic hydroxyl groups excluding tert-OH is 1. The number of amides is 1. The van der Waals surface area contributed by atoms with E-state index in [1.54, 1.807) is 17.0 Å². The third kappa shape index (κ3) is 3.24. The van der Waals surface area contributed by atoms with Crippen molar-refractivity contribution in [3.05, 3.63) is 79.7 Å². The van der Waals surface area contributed by atoms with Gasteiger partial charge >= 0.3 is 0 Å². The summed E-state index contributed by atoms with van der Waals surface area (Å²) in [5.41, 5.74) is 3.24. The maximum atomic E-state index is 13.4. The lowest BCUT2D eigenvalue weighted by Gasteiger charge is -2.25. The summed E-state index contributed by atoms with van der Waals surface area (Å²) in [6.45, 7) is 4.18. The molecule has 0 saturated carbocycles. The molecule has 3 aromatic rings. The molecule has 5 nitrogen and oxygen atoms in total. The van der Waals surface area contributed by atoms with Gasteiger partial charge in [-0.2, -0.15) is 0 Å². The fourth-order valence-electron chi connectivity index (χ4n) is 3.89. The van der Waals surface area contributed by atoms with Gasteiger partial charge < -0.3 is 14.4 Å². The normalized spacial score (nSPS) is 15.9. The predicted molar refractivity (Wildman–Crippen MR) is 113 cm³/mol. The van der Waals surface area contributed by atoms with Crippen molar-refractivity contribution in [2.45, 2.75) is 32.7 Å². The van der Waals surface area contributed by atoms with Crippen LogP contribution < -0.4 is 5.43 Å². The number of hydrogen-bond acceptors (Lipinski definition) is 4. The van der Waals surface area contributed by atoms with Crippen molar-refractivity contribution in [2.24, 2.45) is 0 Å². The van der Waals surface area contributed by atoms with Gasteiger partial charge in [-0.1, -0.05) is 42.8 Å². The highest BCUT2D eigenvalue weighted by molar-refractivity contribution is 6.32.